The van der Waals surface area contributed by atoms with E-state index in [1.165, 1.54) is 12.8 Å². The van der Waals surface area contributed by atoms with Crippen molar-refractivity contribution in [1.29, 1.82) is 0 Å². The molecule has 2 N–H and O–H groups in total. The number of anilines is 1. The number of nitrogen functional groups attached to an aromatic ring is 1. The summed E-state index contributed by atoms with van der Waals surface area (Å²) in [6.45, 7) is 7.15. The van der Waals surface area contributed by atoms with Crippen molar-refractivity contribution in [2.24, 2.45) is 0 Å². The normalized spacial score (nSPS) is 14.1. The van der Waals surface area contributed by atoms with Crippen LogP contribution in [-0.2, 0) is 6.54 Å². The summed E-state index contributed by atoms with van der Waals surface area (Å²) in [5.41, 5.74) is 8.17. The van der Waals surface area contributed by atoms with Crippen LogP contribution in [0.15, 0.2) is 36.9 Å². The first-order chi connectivity index (χ1) is 10.2. The fourth-order valence-corrected chi connectivity index (χ4v) is 2.57. The van der Waals surface area contributed by atoms with Gasteiger partial charge in [-0.15, -0.1) is 6.58 Å². The summed E-state index contributed by atoms with van der Waals surface area (Å²) < 4.78 is 7.64. The van der Waals surface area contributed by atoms with E-state index in [2.05, 4.69) is 11.1 Å². The molecule has 1 fully saturated rings. The van der Waals surface area contributed by atoms with Crippen LogP contribution in [-0.4, -0.2) is 16.2 Å². The molecule has 0 bridgehead atoms. The van der Waals surface area contributed by atoms with Crippen molar-refractivity contribution in [3.05, 3.63) is 42.7 Å². The molecule has 0 unspecified atom stereocenters. The van der Waals surface area contributed by atoms with Crippen LogP contribution in [0, 0.1) is 0 Å². The second kappa shape index (κ2) is 5.64. The molecule has 0 amide bonds. The van der Waals surface area contributed by atoms with Crippen LogP contribution in [0.3, 0.4) is 0 Å². The number of allylic oxidation sites excluding steroid dienone is 1. The minimum Gasteiger partial charge on any atom is -0.494 e. The minimum absolute atomic E-state index is 0.552. The number of nitrogens with two attached hydrogens (primary N) is 1. The van der Waals surface area contributed by atoms with E-state index in [-0.39, 0.29) is 0 Å². The minimum atomic E-state index is 0.552. The number of benzene rings is 1. The van der Waals surface area contributed by atoms with Gasteiger partial charge in [0.1, 0.15) is 23.1 Å². The fraction of sp³-hybridized carbons (Fsp3) is 0.353. The smallest absolute Gasteiger partial charge is 0.132 e. The molecule has 0 atom stereocenters. The lowest BCUT2D eigenvalue weighted by Gasteiger charge is -2.07. The highest BCUT2D eigenvalue weighted by Crippen LogP contribution is 2.42. The molecule has 0 spiro atoms. The average Bonchev–Trinajstić information content (AvgIpc) is 3.27. The number of aromatic nitrogens is 2. The third-order valence-corrected chi connectivity index (χ3v) is 3.71. The fourth-order valence-electron chi connectivity index (χ4n) is 2.57. The summed E-state index contributed by atoms with van der Waals surface area (Å²) in [7, 11) is 0. The summed E-state index contributed by atoms with van der Waals surface area (Å²) in [6.07, 6.45) is 4.27. The molecule has 2 aromatic rings. The number of ether oxygens (including phenoxy) is 1. The van der Waals surface area contributed by atoms with Crippen LogP contribution >= 0.6 is 0 Å². The Morgan fingerprint density at radius 1 is 1.48 bits per heavy atom. The second-order valence-corrected chi connectivity index (χ2v) is 5.34. The van der Waals surface area contributed by atoms with Crippen molar-refractivity contribution in [1.82, 2.24) is 9.55 Å². The summed E-state index contributed by atoms with van der Waals surface area (Å²) in [5.74, 6) is 3.20. The van der Waals surface area contributed by atoms with E-state index in [4.69, 9.17) is 15.5 Å². The van der Waals surface area contributed by atoms with Gasteiger partial charge in [0.15, 0.2) is 0 Å². The molecule has 0 saturated heterocycles. The molecule has 110 valence electrons. The third kappa shape index (κ3) is 2.66. The highest BCUT2D eigenvalue weighted by Gasteiger charge is 2.30. The third-order valence-electron chi connectivity index (χ3n) is 3.71. The van der Waals surface area contributed by atoms with Gasteiger partial charge in [-0.3, -0.25) is 0 Å². The van der Waals surface area contributed by atoms with Crippen molar-refractivity contribution in [3.8, 4) is 17.0 Å². The van der Waals surface area contributed by atoms with Crippen LogP contribution in [0.1, 0.15) is 31.5 Å². The first-order valence-electron chi connectivity index (χ1n) is 7.44. The molecule has 1 aromatic carbocycles. The van der Waals surface area contributed by atoms with E-state index < -0.39 is 0 Å². The summed E-state index contributed by atoms with van der Waals surface area (Å²) >= 11 is 0. The zero-order chi connectivity index (χ0) is 14.8. The molecule has 3 rings (SSSR count). The van der Waals surface area contributed by atoms with E-state index in [1.807, 2.05) is 37.3 Å². The SMILES string of the molecule is C=CCn1c(C2CC2)nc(-c2cccc(OCC)c2)c1N. The van der Waals surface area contributed by atoms with Gasteiger partial charge in [-0.1, -0.05) is 18.2 Å². The van der Waals surface area contributed by atoms with E-state index in [9.17, 15) is 0 Å². The average molecular weight is 283 g/mol. The van der Waals surface area contributed by atoms with Gasteiger partial charge in [0, 0.05) is 18.0 Å². The highest BCUT2D eigenvalue weighted by atomic mass is 16.5. The van der Waals surface area contributed by atoms with E-state index in [0.29, 0.717) is 24.9 Å². The number of hydrogen-bond acceptors (Lipinski definition) is 3. The molecular weight excluding hydrogens is 262 g/mol. The first-order valence-corrected chi connectivity index (χ1v) is 7.44. The van der Waals surface area contributed by atoms with Crippen LogP contribution in [0.2, 0.25) is 0 Å². The Balaban J connectivity index is 2.03. The van der Waals surface area contributed by atoms with Gasteiger partial charge in [0.2, 0.25) is 0 Å². The van der Waals surface area contributed by atoms with Crippen LogP contribution in [0.25, 0.3) is 11.3 Å². The Morgan fingerprint density at radius 2 is 2.29 bits per heavy atom. The Morgan fingerprint density at radius 3 is 2.95 bits per heavy atom. The predicted octanol–water partition coefficient (Wildman–Crippen LogP) is 3.59. The quantitative estimate of drug-likeness (QED) is 0.824. The van der Waals surface area contributed by atoms with Gasteiger partial charge < -0.3 is 15.0 Å². The van der Waals surface area contributed by atoms with E-state index in [1.54, 1.807) is 0 Å². The molecule has 1 saturated carbocycles. The zero-order valence-electron chi connectivity index (χ0n) is 12.4. The Hall–Kier alpha value is -2.23. The summed E-state index contributed by atoms with van der Waals surface area (Å²) in [5, 5.41) is 0. The van der Waals surface area contributed by atoms with E-state index >= 15 is 0 Å². The lowest BCUT2D eigenvalue weighted by molar-refractivity contribution is 0.340. The van der Waals surface area contributed by atoms with Crippen molar-refractivity contribution >= 4 is 5.82 Å². The van der Waals surface area contributed by atoms with Gasteiger partial charge >= 0.3 is 0 Å². The zero-order valence-corrected chi connectivity index (χ0v) is 12.4. The van der Waals surface area contributed by atoms with Crippen molar-refractivity contribution in [2.75, 3.05) is 12.3 Å². The Bertz CT molecular complexity index is 656. The maximum Gasteiger partial charge on any atom is 0.132 e. The lowest BCUT2D eigenvalue weighted by atomic mass is 10.1. The molecule has 4 heteroatoms. The molecule has 4 nitrogen and oxygen atoms in total. The van der Waals surface area contributed by atoms with Gasteiger partial charge in [0.25, 0.3) is 0 Å². The second-order valence-electron chi connectivity index (χ2n) is 5.34. The standard InChI is InChI=1S/C17H21N3O/c1-3-10-20-16(18)15(19-17(20)12-8-9-12)13-6-5-7-14(11-13)21-4-2/h3,5-7,11-12H,1,4,8-10,18H2,2H3. The topological polar surface area (TPSA) is 53.1 Å². The van der Waals surface area contributed by atoms with Crippen LogP contribution in [0.5, 0.6) is 5.75 Å². The number of imidazole rings is 1. The number of hydrogen-bond donors (Lipinski definition) is 1. The number of nitrogens with zero attached hydrogens (tertiary/aromatic N) is 2. The molecule has 1 heterocycles. The van der Waals surface area contributed by atoms with Gasteiger partial charge in [0.05, 0.1) is 6.61 Å². The molecule has 1 aromatic heterocycles. The number of rotatable bonds is 6. The van der Waals surface area contributed by atoms with Gasteiger partial charge in [-0.2, -0.15) is 0 Å². The predicted molar refractivity (Wildman–Crippen MR) is 85.4 cm³/mol. The maximum atomic E-state index is 6.32. The van der Waals surface area contributed by atoms with Crippen molar-refractivity contribution in [3.63, 3.8) is 0 Å². The van der Waals surface area contributed by atoms with Crippen molar-refractivity contribution < 1.29 is 4.74 Å². The van der Waals surface area contributed by atoms with Crippen LogP contribution < -0.4 is 10.5 Å². The summed E-state index contributed by atoms with van der Waals surface area (Å²) in [6, 6.07) is 7.95. The first kappa shape index (κ1) is 13.7. The summed E-state index contributed by atoms with van der Waals surface area (Å²) in [4.78, 5) is 4.80. The molecule has 0 radical (unpaired) electrons. The molecule has 0 aliphatic heterocycles. The molecule has 1 aliphatic rings. The molecular formula is C17H21N3O. The van der Waals surface area contributed by atoms with Gasteiger partial charge in [-0.25, -0.2) is 4.98 Å². The maximum absolute atomic E-state index is 6.32. The molecule has 1 aliphatic carbocycles. The molecule has 21 heavy (non-hydrogen) atoms. The largest absolute Gasteiger partial charge is 0.494 e. The van der Waals surface area contributed by atoms with Gasteiger partial charge in [-0.05, 0) is 31.9 Å². The Labute approximate surface area is 125 Å². The highest BCUT2D eigenvalue weighted by molar-refractivity contribution is 5.72. The van der Waals surface area contributed by atoms with Crippen molar-refractivity contribution in [2.45, 2.75) is 32.2 Å². The Kier molecular flexibility index (Phi) is 3.69. The van der Waals surface area contributed by atoms with Crippen LogP contribution in [0.4, 0.5) is 5.82 Å². The van der Waals surface area contributed by atoms with E-state index in [0.717, 1.165) is 22.8 Å². The lowest BCUT2D eigenvalue weighted by Crippen LogP contribution is -2.05. The monoisotopic (exact) mass is 283 g/mol.